The highest BCUT2D eigenvalue weighted by atomic mass is 79.9. The fourth-order valence-electron chi connectivity index (χ4n) is 2.26. The molecule has 0 radical (unpaired) electrons. The summed E-state index contributed by atoms with van der Waals surface area (Å²) in [5, 5.41) is 0. The second-order valence-electron chi connectivity index (χ2n) is 4.96. The van der Waals surface area contributed by atoms with Crippen LogP contribution in [0.2, 0.25) is 0 Å². The highest BCUT2D eigenvalue weighted by molar-refractivity contribution is 9.10. The molecule has 2 atom stereocenters. The Morgan fingerprint density at radius 3 is 1.60 bits per heavy atom. The summed E-state index contributed by atoms with van der Waals surface area (Å²) in [6.07, 6.45) is 0. The lowest BCUT2D eigenvalue weighted by Gasteiger charge is -2.17. The number of ketones is 1. The second-order valence-corrected chi connectivity index (χ2v) is 6.79. The predicted octanol–water partition coefficient (Wildman–Crippen LogP) is 5.69. The summed E-state index contributed by atoms with van der Waals surface area (Å²) in [7, 11) is 0. The van der Waals surface area contributed by atoms with Crippen LogP contribution in [-0.4, -0.2) is 5.78 Å². The number of carbonyl (C=O) groups is 1. The maximum Gasteiger partial charge on any atom is 0.147 e. The van der Waals surface area contributed by atoms with Gasteiger partial charge in [-0.25, -0.2) is 0 Å². The van der Waals surface area contributed by atoms with Gasteiger partial charge in [0.25, 0.3) is 0 Å². The first-order chi connectivity index (χ1) is 9.49. The van der Waals surface area contributed by atoms with E-state index in [-0.39, 0.29) is 17.6 Å². The minimum atomic E-state index is -0.110. The quantitative estimate of drug-likeness (QED) is 0.649. The van der Waals surface area contributed by atoms with E-state index in [1.807, 2.05) is 62.4 Å². The van der Waals surface area contributed by atoms with Crippen molar-refractivity contribution < 1.29 is 4.79 Å². The molecule has 0 aliphatic rings. The molecule has 0 aromatic heterocycles. The Bertz CT molecular complexity index is 568. The first-order valence-corrected chi connectivity index (χ1v) is 8.12. The van der Waals surface area contributed by atoms with Crippen LogP contribution in [0.25, 0.3) is 0 Å². The first kappa shape index (κ1) is 15.5. The van der Waals surface area contributed by atoms with Gasteiger partial charge >= 0.3 is 0 Å². The van der Waals surface area contributed by atoms with Crippen molar-refractivity contribution in [1.82, 2.24) is 0 Å². The lowest BCUT2D eigenvalue weighted by Crippen LogP contribution is -2.16. The number of rotatable bonds is 4. The molecule has 0 spiro atoms. The molecule has 2 aromatic carbocycles. The van der Waals surface area contributed by atoms with Gasteiger partial charge in [0.15, 0.2) is 0 Å². The highest BCUT2D eigenvalue weighted by Gasteiger charge is 2.22. The monoisotopic (exact) mass is 394 g/mol. The van der Waals surface area contributed by atoms with Crippen molar-refractivity contribution in [3.63, 3.8) is 0 Å². The van der Waals surface area contributed by atoms with Crippen LogP contribution in [0.4, 0.5) is 0 Å². The zero-order chi connectivity index (χ0) is 14.7. The zero-order valence-corrected chi connectivity index (χ0v) is 14.6. The van der Waals surface area contributed by atoms with E-state index in [0.29, 0.717) is 0 Å². The van der Waals surface area contributed by atoms with E-state index in [9.17, 15) is 4.79 Å². The van der Waals surface area contributed by atoms with Gasteiger partial charge in [-0.05, 0) is 35.4 Å². The third kappa shape index (κ3) is 3.58. The molecule has 0 fully saturated rings. The summed E-state index contributed by atoms with van der Waals surface area (Å²) in [6.45, 7) is 3.94. The van der Waals surface area contributed by atoms with E-state index >= 15 is 0 Å². The van der Waals surface area contributed by atoms with Crippen LogP contribution in [0.15, 0.2) is 57.5 Å². The van der Waals surface area contributed by atoms with Gasteiger partial charge in [0.1, 0.15) is 5.78 Å². The topological polar surface area (TPSA) is 17.1 Å². The summed E-state index contributed by atoms with van der Waals surface area (Å²) < 4.78 is 2.01. The summed E-state index contributed by atoms with van der Waals surface area (Å²) in [5.41, 5.74) is 2.09. The third-order valence-electron chi connectivity index (χ3n) is 3.55. The minimum absolute atomic E-state index is 0.110. The van der Waals surface area contributed by atoms with Gasteiger partial charge in [-0.1, -0.05) is 70.0 Å². The molecule has 2 unspecified atom stereocenters. The predicted molar refractivity (Wildman–Crippen MR) is 90.1 cm³/mol. The molecule has 1 nitrogen and oxygen atoms in total. The van der Waals surface area contributed by atoms with Gasteiger partial charge in [0.2, 0.25) is 0 Å². The van der Waals surface area contributed by atoms with E-state index in [1.54, 1.807) is 0 Å². The Hall–Kier alpha value is -0.930. The lowest BCUT2D eigenvalue weighted by molar-refractivity contribution is -0.121. The average Bonchev–Trinajstić information content (AvgIpc) is 2.45. The Balaban J connectivity index is 2.22. The molecule has 0 saturated heterocycles. The Kier molecular flexibility index (Phi) is 5.17. The Labute approximate surface area is 136 Å². The van der Waals surface area contributed by atoms with Crippen molar-refractivity contribution in [2.24, 2.45) is 0 Å². The molecule has 0 heterocycles. The molecule has 0 N–H and O–H groups in total. The van der Waals surface area contributed by atoms with Gasteiger partial charge in [-0.15, -0.1) is 0 Å². The molecule has 0 aliphatic carbocycles. The van der Waals surface area contributed by atoms with Crippen molar-refractivity contribution in [3.8, 4) is 0 Å². The molecule has 0 amide bonds. The molecule has 3 heteroatoms. The number of benzene rings is 2. The summed E-state index contributed by atoms with van der Waals surface area (Å²) in [6, 6.07) is 15.9. The van der Waals surface area contributed by atoms with Gasteiger partial charge in [-0.3, -0.25) is 4.79 Å². The molecule has 0 aliphatic heterocycles. The van der Waals surface area contributed by atoms with Gasteiger partial charge in [-0.2, -0.15) is 0 Å². The van der Waals surface area contributed by atoms with E-state index in [1.165, 1.54) is 0 Å². The normalized spacial score (nSPS) is 13.8. The largest absolute Gasteiger partial charge is 0.298 e. The third-order valence-corrected chi connectivity index (χ3v) is 4.54. The van der Waals surface area contributed by atoms with Crippen LogP contribution in [0, 0.1) is 0 Å². The van der Waals surface area contributed by atoms with Gasteiger partial charge < -0.3 is 0 Å². The Morgan fingerprint density at radius 2 is 1.25 bits per heavy atom. The van der Waals surface area contributed by atoms with Crippen LogP contribution >= 0.6 is 31.9 Å². The molecule has 0 bridgehead atoms. The number of hydrogen-bond donors (Lipinski definition) is 0. The standard InChI is InChI=1S/C17H16Br2O/c1-11(13-5-3-7-15(18)9-13)17(20)12(2)14-6-4-8-16(19)10-14/h3-12H,1-2H3. The van der Waals surface area contributed by atoms with Crippen molar-refractivity contribution in [2.45, 2.75) is 25.7 Å². The van der Waals surface area contributed by atoms with E-state index in [4.69, 9.17) is 0 Å². The molecular formula is C17H16Br2O. The smallest absolute Gasteiger partial charge is 0.147 e. The van der Waals surface area contributed by atoms with Crippen LogP contribution in [0.5, 0.6) is 0 Å². The highest BCUT2D eigenvalue weighted by Crippen LogP contribution is 2.28. The van der Waals surface area contributed by atoms with Crippen LogP contribution in [-0.2, 0) is 4.79 Å². The van der Waals surface area contributed by atoms with E-state index < -0.39 is 0 Å². The summed E-state index contributed by atoms with van der Waals surface area (Å²) >= 11 is 6.91. The van der Waals surface area contributed by atoms with Crippen molar-refractivity contribution in [3.05, 3.63) is 68.6 Å². The van der Waals surface area contributed by atoms with Gasteiger partial charge in [0, 0.05) is 20.8 Å². The number of hydrogen-bond acceptors (Lipinski definition) is 1. The number of halogens is 2. The molecule has 0 saturated carbocycles. The zero-order valence-electron chi connectivity index (χ0n) is 11.4. The average molecular weight is 396 g/mol. The van der Waals surface area contributed by atoms with Crippen LogP contribution in [0.1, 0.15) is 36.8 Å². The lowest BCUT2D eigenvalue weighted by atomic mass is 9.86. The maximum absolute atomic E-state index is 12.6. The summed E-state index contributed by atoms with van der Waals surface area (Å²) in [4.78, 5) is 12.6. The summed E-state index contributed by atoms with van der Waals surface area (Å²) in [5.74, 6) is 0.0177. The van der Waals surface area contributed by atoms with Crippen molar-refractivity contribution in [2.75, 3.05) is 0 Å². The van der Waals surface area contributed by atoms with E-state index in [2.05, 4.69) is 31.9 Å². The fourth-order valence-corrected chi connectivity index (χ4v) is 3.09. The number of Topliss-reactive ketones (excluding diaryl/α,β-unsaturated/α-hetero) is 1. The fraction of sp³-hybridized carbons (Fsp3) is 0.235. The molecule has 20 heavy (non-hydrogen) atoms. The van der Waals surface area contributed by atoms with Crippen LogP contribution in [0.3, 0.4) is 0 Å². The molecule has 2 rings (SSSR count). The van der Waals surface area contributed by atoms with E-state index in [0.717, 1.165) is 20.1 Å². The Morgan fingerprint density at radius 1 is 0.850 bits per heavy atom. The number of carbonyl (C=O) groups excluding carboxylic acids is 1. The second kappa shape index (κ2) is 6.68. The SMILES string of the molecule is CC(C(=O)C(C)c1cccc(Br)c1)c1cccc(Br)c1. The first-order valence-electron chi connectivity index (χ1n) is 6.53. The van der Waals surface area contributed by atoms with Crippen LogP contribution < -0.4 is 0 Å². The van der Waals surface area contributed by atoms with Crippen molar-refractivity contribution in [1.29, 1.82) is 0 Å². The molecule has 104 valence electrons. The van der Waals surface area contributed by atoms with Gasteiger partial charge in [0.05, 0.1) is 0 Å². The minimum Gasteiger partial charge on any atom is -0.298 e. The molecule has 2 aromatic rings. The van der Waals surface area contributed by atoms with Crippen molar-refractivity contribution >= 4 is 37.6 Å². The maximum atomic E-state index is 12.6. The molecular weight excluding hydrogens is 380 g/mol.